The highest BCUT2D eigenvalue weighted by atomic mass is 35.5. The fourth-order valence-corrected chi connectivity index (χ4v) is 2.67. The van der Waals surface area contributed by atoms with E-state index in [1.807, 2.05) is 6.07 Å². The van der Waals surface area contributed by atoms with Crippen LogP contribution in [0.4, 0.5) is 5.69 Å². The van der Waals surface area contributed by atoms with Crippen molar-refractivity contribution in [1.29, 1.82) is 0 Å². The molecule has 1 aromatic carbocycles. The largest absolute Gasteiger partial charge is 0.372 e. The van der Waals surface area contributed by atoms with Crippen molar-refractivity contribution in [2.24, 2.45) is 5.73 Å². The van der Waals surface area contributed by atoms with Crippen LogP contribution in [-0.4, -0.2) is 44.7 Å². The van der Waals surface area contributed by atoms with Gasteiger partial charge in [-0.3, -0.25) is 0 Å². The number of benzene rings is 1. The third kappa shape index (κ3) is 6.25. The lowest BCUT2D eigenvalue weighted by molar-refractivity contribution is 0.400. The van der Waals surface area contributed by atoms with Crippen molar-refractivity contribution in [2.45, 2.75) is 39.2 Å². The van der Waals surface area contributed by atoms with Crippen molar-refractivity contribution in [1.82, 2.24) is 4.90 Å². The van der Waals surface area contributed by atoms with Gasteiger partial charge in [0.05, 0.1) is 0 Å². The first kappa shape index (κ1) is 18.3. The second-order valence-corrected chi connectivity index (χ2v) is 6.32. The molecule has 2 N–H and O–H groups in total. The van der Waals surface area contributed by atoms with Crippen molar-refractivity contribution in [3.8, 4) is 0 Å². The van der Waals surface area contributed by atoms with Gasteiger partial charge in [0.15, 0.2) is 0 Å². The SMILES string of the molecule is CCC(N)Cc1cc(Cl)ccc1N(CC)CCCN(C)C. The molecule has 1 atom stereocenters. The molecule has 1 aromatic rings. The molecule has 0 aliphatic carbocycles. The number of halogens is 1. The summed E-state index contributed by atoms with van der Waals surface area (Å²) < 4.78 is 0. The predicted molar refractivity (Wildman–Crippen MR) is 94.5 cm³/mol. The zero-order valence-electron chi connectivity index (χ0n) is 13.9. The van der Waals surface area contributed by atoms with Crippen LogP contribution >= 0.6 is 11.6 Å². The van der Waals surface area contributed by atoms with Crippen molar-refractivity contribution in [3.63, 3.8) is 0 Å². The van der Waals surface area contributed by atoms with Gasteiger partial charge in [-0.05, 0) is 70.6 Å². The van der Waals surface area contributed by atoms with E-state index in [1.165, 1.54) is 11.3 Å². The minimum Gasteiger partial charge on any atom is -0.372 e. The average Bonchev–Trinajstić information content (AvgIpc) is 2.44. The number of rotatable bonds is 9. The Morgan fingerprint density at radius 3 is 2.48 bits per heavy atom. The summed E-state index contributed by atoms with van der Waals surface area (Å²) in [5.74, 6) is 0. The lowest BCUT2D eigenvalue weighted by Gasteiger charge is -2.27. The molecule has 120 valence electrons. The summed E-state index contributed by atoms with van der Waals surface area (Å²) in [4.78, 5) is 4.65. The van der Waals surface area contributed by atoms with Crippen LogP contribution in [0, 0.1) is 0 Å². The zero-order valence-corrected chi connectivity index (χ0v) is 14.7. The molecule has 4 heteroatoms. The first-order chi connectivity index (χ1) is 9.97. The van der Waals surface area contributed by atoms with Gasteiger partial charge < -0.3 is 15.5 Å². The number of hydrogen-bond donors (Lipinski definition) is 1. The van der Waals surface area contributed by atoms with E-state index < -0.39 is 0 Å². The van der Waals surface area contributed by atoms with Crippen molar-refractivity contribution in [3.05, 3.63) is 28.8 Å². The van der Waals surface area contributed by atoms with Crippen molar-refractivity contribution < 1.29 is 0 Å². The molecule has 0 radical (unpaired) electrons. The Kier molecular flexibility index (Phi) is 8.09. The van der Waals surface area contributed by atoms with Crippen LogP contribution in [0.2, 0.25) is 5.02 Å². The molecule has 0 aliphatic rings. The smallest absolute Gasteiger partial charge is 0.0410 e. The Morgan fingerprint density at radius 2 is 1.90 bits per heavy atom. The highest BCUT2D eigenvalue weighted by molar-refractivity contribution is 6.30. The van der Waals surface area contributed by atoms with E-state index in [1.54, 1.807) is 0 Å². The minimum atomic E-state index is 0.197. The Morgan fingerprint density at radius 1 is 1.19 bits per heavy atom. The average molecular weight is 312 g/mol. The molecule has 0 bridgehead atoms. The number of nitrogens with zero attached hydrogens (tertiary/aromatic N) is 2. The van der Waals surface area contributed by atoms with Gasteiger partial charge in [0.1, 0.15) is 0 Å². The molecule has 0 saturated heterocycles. The molecule has 0 aliphatic heterocycles. The van der Waals surface area contributed by atoms with Crippen LogP contribution in [0.3, 0.4) is 0 Å². The van der Waals surface area contributed by atoms with Crippen LogP contribution in [0.15, 0.2) is 18.2 Å². The highest BCUT2D eigenvalue weighted by Crippen LogP contribution is 2.26. The lowest BCUT2D eigenvalue weighted by Crippen LogP contribution is -2.29. The van der Waals surface area contributed by atoms with Gasteiger partial charge in [-0.15, -0.1) is 0 Å². The van der Waals surface area contributed by atoms with Crippen LogP contribution in [0.1, 0.15) is 32.3 Å². The van der Waals surface area contributed by atoms with Gasteiger partial charge >= 0.3 is 0 Å². The second kappa shape index (κ2) is 9.29. The summed E-state index contributed by atoms with van der Waals surface area (Å²) in [5, 5.41) is 0.793. The van der Waals surface area contributed by atoms with Gasteiger partial charge in [-0.1, -0.05) is 18.5 Å². The quantitative estimate of drug-likeness (QED) is 0.758. The highest BCUT2D eigenvalue weighted by Gasteiger charge is 2.12. The van der Waals surface area contributed by atoms with Gasteiger partial charge in [-0.2, -0.15) is 0 Å². The van der Waals surface area contributed by atoms with E-state index in [0.717, 1.165) is 43.9 Å². The van der Waals surface area contributed by atoms with Gasteiger partial charge in [0, 0.05) is 29.8 Å². The van der Waals surface area contributed by atoms with E-state index >= 15 is 0 Å². The van der Waals surface area contributed by atoms with Gasteiger partial charge in [0.25, 0.3) is 0 Å². The number of anilines is 1. The second-order valence-electron chi connectivity index (χ2n) is 5.88. The maximum Gasteiger partial charge on any atom is 0.0410 e. The first-order valence-electron chi connectivity index (χ1n) is 7.91. The number of nitrogens with two attached hydrogens (primary N) is 1. The molecular formula is C17H30ClN3. The Bertz CT molecular complexity index is 420. The molecular weight excluding hydrogens is 282 g/mol. The Labute approximate surface area is 135 Å². The van der Waals surface area contributed by atoms with Crippen LogP contribution in [0.25, 0.3) is 0 Å². The normalized spacial score (nSPS) is 12.7. The summed E-state index contributed by atoms with van der Waals surface area (Å²) in [6, 6.07) is 6.38. The molecule has 21 heavy (non-hydrogen) atoms. The third-order valence-electron chi connectivity index (χ3n) is 3.80. The van der Waals surface area contributed by atoms with Crippen molar-refractivity contribution in [2.75, 3.05) is 38.6 Å². The maximum absolute atomic E-state index is 6.17. The molecule has 0 spiro atoms. The third-order valence-corrected chi connectivity index (χ3v) is 4.04. The monoisotopic (exact) mass is 311 g/mol. The fraction of sp³-hybridized carbons (Fsp3) is 0.647. The predicted octanol–water partition coefficient (Wildman–Crippen LogP) is 3.40. The minimum absolute atomic E-state index is 0.197. The summed E-state index contributed by atoms with van der Waals surface area (Å²) in [6.07, 6.45) is 3.03. The van der Waals surface area contributed by atoms with E-state index in [9.17, 15) is 0 Å². The van der Waals surface area contributed by atoms with Crippen LogP contribution in [-0.2, 0) is 6.42 Å². The fourth-order valence-electron chi connectivity index (χ4n) is 2.48. The molecule has 0 heterocycles. The van der Waals surface area contributed by atoms with E-state index in [-0.39, 0.29) is 6.04 Å². The Hall–Kier alpha value is -0.770. The molecule has 3 nitrogen and oxygen atoms in total. The zero-order chi connectivity index (χ0) is 15.8. The topological polar surface area (TPSA) is 32.5 Å². The molecule has 0 saturated carbocycles. The standard InChI is InChI=1S/C17H30ClN3/c1-5-16(19)13-14-12-15(18)8-9-17(14)21(6-2)11-7-10-20(3)4/h8-9,12,16H,5-7,10-11,13,19H2,1-4H3. The lowest BCUT2D eigenvalue weighted by atomic mass is 10.0. The summed E-state index contributed by atoms with van der Waals surface area (Å²) >= 11 is 6.17. The van der Waals surface area contributed by atoms with E-state index in [2.05, 4.69) is 49.9 Å². The molecule has 1 unspecified atom stereocenters. The first-order valence-corrected chi connectivity index (χ1v) is 8.29. The van der Waals surface area contributed by atoms with Gasteiger partial charge in [0.2, 0.25) is 0 Å². The summed E-state index contributed by atoms with van der Waals surface area (Å²) in [5.41, 5.74) is 8.69. The Balaban J connectivity index is 2.86. The van der Waals surface area contributed by atoms with Crippen molar-refractivity contribution >= 4 is 17.3 Å². The molecule has 0 aromatic heterocycles. The molecule has 0 amide bonds. The van der Waals surface area contributed by atoms with Crippen LogP contribution in [0.5, 0.6) is 0 Å². The number of hydrogen-bond acceptors (Lipinski definition) is 3. The molecule has 1 rings (SSSR count). The van der Waals surface area contributed by atoms with E-state index in [0.29, 0.717) is 0 Å². The van der Waals surface area contributed by atoms with E-state index in [4.69, 9.17) is 17.3 Å². The molecule has 0 fully saturated rings. The maximum atomic E-state index is 6.17. The summed E-state index contributed by atoms with van der Waals surface area (Å²) in [7, 11) is 4.23. The summed E-state index contributed by atoms with van der Waals surface area (Å²) in [6.45, 7) is 7.50. The van der Waals surface area contributed by atoms with Gasteiger partial charge in [-0.25, -0.2) is 0 Å². The van der Waals surface area contributed by atoms with Crippen LogP contribution < -0.4 is 10.6 Å².